The summed E-state index contributed by atoms with van der Waals surface area (Å²) in [5.41, 5.74) is 2.15. The second kappa shape index (κ2) is 4.48. The van der Waals surface area contributed by atoms with Gasteiger partial charge >= 0.3 is 0 Å². The molecular formula is C11H14N4O2. The summed E-state index contributed by atoms with van der Waals surface area (Å²) in [6.45, 7) is 6.01. The van der Waals surface area contributed by atoms with E-state index < -0.39 is 0 Å². The van der Waals surface area contributed by atoms with Crippen LogP contribution in [0.25, 0.3) is 0 Å². The molecule has 2 heterocycles. The number of carbonyl (C=O) groups excluding carboxylic acids is 1. The molecule has 2 rings (SSSR count). The summed E-state index contributed by atoms with van der Waals surface area (Å²) >= 11 is 0. The summed E-state index contributed by atoms with van der Waals surface area (Å²) in [4.78, 5) is 15.1. The first-order chi connectivity index (χ1) is 8.15. The van der Waals surface area contributed by atoms with Gasteiger partial charge in [-0.2, -0.15) is 10.1 Å². The first-order valence-electron chi connectivity index (χ1n) is 5.46. The highest BCUT2D eigenvalue weighted by Crippen LogP contribution is 2.12. The van der Waals surface area contributed by atoms with Gasteiger partial charge in [0.25, 0.3) is 0 Å². The van der Waals surface area contributed by atoms with Crippen molar-refractivity contribution >= 4 is 6.29 Å². The zero-order valence-corrected chi connectivity index (χ0v) is 10.1. The first kappa shape index (κ1) is 11.5. The number of nitrogens with zero attached hydrogens (tertiary/aromatic N) is 4. The molecule has 6 nitrogen and oxygen atoms in total. The van der Waals surface area contributed by atoms with Crippen LogP contribution in [0.3, 0.4) is 0 Å². The summed E-state index contributed by atoms with van der Waals surface area (Å²) < 4.78 is 6.79. The van der Waals surface area contributed by atoms with E-state index in [9.17, 15) is 4.79 Å². The van der Waals surface area contributed by atoms with Crippen molar-refractivity contribution in [2.24, 2.45) is 0 Å². The van der Waals surface area contributed by atoms with Gasteiger partial charge in [-0.1, -0.05) is 12.1 Å². The lowest BCUT2D eigenvalue weighted by Crippen LogP contribution is -2.04. The van der Waals surface area contributed by atoms with Gasteiger partial charge in [-0.15, -0.1) is 0 Å². The fraction of sp³-hybridized carbons (Fsp3) is 0.455. The Bertz CT molecular complexity index is 542. The molecular weight excluding hydrogens is 220 g/mol. The average Bonchev–Trinajstić information content (AvgIpc) is 2.86. The fourth-order valence-corrected chi connectivity index (χ4v) is 1.66. The molecule has 90 valence electrons. The van der Waals surface area contributed by atoms with E-state index in [1.54, 1.807) is 11.6 Å². The van der Waals surface area contributed by atoms with Gasteiger partial charge in [0.05, 0.1) is 11.3 Å². The van der Waals surface area contributed by atoms with Crippen molar-refractivity contribution in [2.45, 2.75) is 33.7 Å². The second-order valence-electron chi connectivity index (χ2n) is 3.82. The van der Waals surface area contributed by atoms with E-state index in [-0.39, 0.29) is 0 Å². The lowest BCUT2D eigenvalue weighted by atomic mass is 10.2. The Balaban J connectivity index is 2.27. The Hall–Kier alpha value is -1.98. The second-order valence-corrected chi connectivity index (χ2v) is 3.82. The van der Waals surface area contributed by atoms with Crippen LogP contribution >= 0.6 is 0 Å². The average molecular weight is 234 g/mol. The molecule has 0 saturated carbocycles. The lowest BCUT2D eigenvalue weighted by molar-refractivity contribution is 0.112. The summed E-state index contributed by atoms with van der Waals surface area (Å²) in [5, 5.41) is 8.08. The molecule has 0 fully saturated rings. The van der Waals surface area contributed by atoms with Crippen molar-refractivity contribution in [2.75, 3.05) is 0 Å². The highest BCUT2D eigenvalue weighted by Gasteiger charge is 2.13. The van der Waals surface area contributed by atoms with Gasteiger partial charge < -0.3 is 4.52 Å². The van der Waals surface area contributed by atoms with Crippen LogP contribution < -0.4 is 0 Å². The number of carbonyl (C=O) groups is 1. The van der Waals surface area contributed by atoms with E-state index in [0.717, 1.165) is 18.4 Å². The van der Waals surface area contributed by atoms with Crippen molar-refractivity contribution in [1.82, 2.24) is 19.9 Å². The maximum Gasteiger partial charge on any atom is 0.248 e. The third-order valence-electron chi connectivity index (χ3n) is 2.67. The van der Waals surface area contributed by atoms with Crippen molar-refractivity contribution < 1.29 is 9.32 Å². The van der Waals surface area contributed by atoms with Crippen molar-refractivity contribution in [3.63, 3.8) is 0 Å². The van der Waals surface area contributed by atoms with Crippen molar-refractivity contribution in [3.05, 3.63) is 28.7 Å². The molecule has 17 heavy (non-hydrogen) atoms. The van der Waals surface area contributed by atoms with Crippen molar-refractivity contribution in [1.29, 1.82) is 0 Å². The van der Waals surface area contributed by atoms with Gasteiger partial charge in [-0.3, -0.25) is 9.48 Å². The molecule has 0 bridgehead atoms. The number of rotatable bonds is 4. The molecule has 0 atom stereocenters. The molecule has 6 heteroatoms. The Morgan fingerprint density at radius 2 is 2.18 bits per heavy atom. The number of hydrogen-bond donors (Lipinski definition) is 0. The van der Waals surface area contributed by atoms with Gasteiger partial charge in [0.15, 0.2) is 12.1 Å². The number of aldehydes is 1. The van der Waals surface area contributed by atoms with E-state index >= 15 is 0 Å². The zero-order valence-electron chi connectivity index (χ0n) is 10.1. The fourth-order valence-electron chi connectivity index (χ4n) is 1.66. The molecule has 2 aromatic heterocycles. The highest BCUT2D eigenvalue weighted by atomic mass is 16.5. The smallest absolute Gasteiger partial charge is 0.248 e. The molecule has 0 aromatic carbocycles. The molecule has 0 spiro atoms. The Morgan fingerprint density at radius 1 is 1.41 bits per heavy atom. The van der Waals surface area contributed by atoms with Crippen LogP contribution in [0.15, 0.2) is 4.52 Å². The predicted molar refractivity (Wildman–Crippen MR) is 59.9 cm³/mol. The van der Waals surface area contributed by atoms with Crippen LogP contribution in [-0.4, -0.2) is 26.2 Å². The summed E-state index contributed by atoms with van der Waals surface area (Å²) in [6.07, 6.45) is 1.56. The summed E-state index contributed by atoms with van der Waals surface area (Å²) in [7, 11) is 0. The molecule has 0 saturated heterocycles. The van der Waals surface area contributed by atoms with E-state index in [0.29, 0.717) is 29.5 Å². The van der Waals surface area contributed by atoms with Crippen LogP contribution in [0.4, 0.5) is 0 Å². The molecule has 0 aliphatic heterocycles. The van der Waals surface area contributed by atoms with Crippen LogP contribution in [0, 0.1) is 13.8 Å². The largest absolute Gasteiger partial charge is 0.337 e. The van der Waals surface area contributed by atoms with Gasteiger partial charge in [-0.05, 0) is 13.8 Å². The van der Waals surface area contributed by atoms with Gasteiger partial charge in [0.2, 0.25) is 5.89 Å². The van der Waals surface area contributed by atoms with Gasteiger partial charge in [0.1, 0.15) is 6.54 Å². The minimum atomic E-state index is 0.396. The molecule has 0 N–H and O–H groups in total. The maximum absolute atomic E-state index is 10.9. The standard InChI is InChI=1S/C11H14N4O2/c1-4-10-12-11(17-14-10)5-15-8(3)9(6-16)7(2)13-15/h6H,4-5H2,1-3H3. The minimum absolute atomic E-state index is 0.396. The number of hydrogen-bond acceptors (Lipinski definition) is 5. The van der Waals surface area contributed by atoms with Crippen molar-refractivity contribution in [3.8, 4) is 0 Å². The molecule has 0 radical (unpaired) electrons. The van der Waals surface area contributed by atoms with E-state index in [1.165, 1.54) is 0 Å². The third kappa shape index (κ3) is 2.11. The molecule has 0 aliphatic rings. The molecule has 2 aromatic rings. The Labute approximate surface area is 98.6 Å². The monoisotopic (exact) mass is 234 g/mol. The Kier molecular flexibility index (Phi) is 3.03. The molecule has 0 unspecified atom stereocenters. The van der Waals surface area contributed by atoms with E-state index in [1.807, 2.05) is 13.8 Å². The van der Waals surface area contributed by atoms with E-state index in [4.69, 9.17) is 4.52 Å². The van der Waals surface area contributed by atoms with E-state index in [2.05, 4.69) is 15.2 Å². The quantitative estimate of drug-likeness (QED) is 0.745. The van der Waals surface area contributed by atoms with Crippen LogP contribution in [0.5, 0.6) is 0 Å². The summed E-state index contributed by atoms with van der Waals surface area (Å²) in [5.74, 6) is 1.18. The van der Waals surface area contributed by atoms with Crippen LogP contribution in [-0.2, 0) is 13.0 Å². The number of aryl methyl sites for hydroxylation is 2. The zero-order chi connectivity index (χ0) is 12.4. The Morgan fingerprint density at radius 3 is 2.71 bits per heavy atom. The number of aromatic nitrogens is 4. The molecule has 0 aliphatic carbocycles. The molecule has 0 amide bonds. The van der Waals surface area contributed by atoms with Gasteiger partial charge in [0, 0.05) is 12.1 Å². The van der Waals surface area contributed by atoms with Gasteiger partial charge in [-0.25, -0.2) is 0 Å². The minimum Gasteiger partial charge on any atom is -0.337 e. The lowest BCUT2D eigenvalue weighted by Gasteiger charge is -1.99. The normalized spacial score (nSPS) is 10.8. The van der Waals surface area contributed by atoms with Crippen LogP contribution in [0.2, 0.25) is 0 Å². The summed E-state index contributed by atoms with van der Waals surface area (Å²) in [6, 6.07) is 0. The van der Waals surface area contributed by atoms with Crippen LogP contribution in [0.1, 0.15) is 40.4 Å². The first-order valence-corrected chi connectivity index (χ1v) is 5.46. The third-order valence-corrected chi connectivity index (χ3v) is 2.67. The SMILES string of the molecule is CCc1noc(Cn2nc(C)c(C=O)c2C)n1. The predicted octanol–water partition coefficient (Wildman–Crippen LogP) is 1.31. The maximum atomic E-state index is 10.9. The highest BCUT2D eigenvalue weighted by molar-refractivity contribution is 5.78. The topological polar surface area (TPSA) is 73.8 Å².